The van der Waals surface area contributed by atoms with Gasteiger partial charge in [-0.1, -0.05) is 28.2 Å². The largest absolute Gasteiger partial charge is 0.329 e. The zero-order chi connectivity index (χ0) is 15.7. The number of hydrogen-bond acceptors (Lipinski definition) is 5. The molecule has 1 fully saturated rings. The Kier molecular flexibility index (Phi) is 4.08. The number of likely N-dealkylation sites (N-methyl/N-ethyl adjacent to an activating group) is 1. The monoisotopic (exact) mass is 336 g/mol. The molecule has 0 unspecified atom stereocenters. The topological polar surface area (TPSA) is 66.4 Å². The summed E-state index contributed by atoms with van der Waals surface area (Å²) in [6.45, 7) is 0.534. The Labute approximate surface area is 136 Å². The molecule has 1 saturated heterocycles. The van der Waals surface area contributed by atoms with E-state index >= 15 is 0 Å². The van der Waals surface area contributed by atoms with Gasteiger partial charge in [-0.05, 0) is 30.1 Å². The number of rotatable bonds is 3. The summed E-state index contributed by atoms with van der Waals surface area (Å²) in [5.41, 5.74) is 0.678. The molecule has 0 bridgehead atoms. The molecule has 1 atom stereocenters. The predicted octanol–water partition coefficient (Wildman–Crippen LogP) is 2.07. The van der Waals surface area contributed by atoms with Crippen molar-refractivity contribution >= 4 is 40.6 Å². The van der Waals surface area contributed by atoms with Crippen LogP contribution in [0.1, 0.15) is 16.1 Å². The van der Waals surface area contributed by atoms with E-state index in [-0.39, 0.29) is 11.8 Å². The Bertz CT molecular complexity index is 707. The Morgan fingerprint density at radius 1 is 1.45 bits per heavy atom. The lowest BCUT2D eigenvalue weighted by Crippen LogP contribution is -2.42. The van der Waals surface area contributed by atoms with Gasteiger partial charge in [0.05, 0.1) is 16.9 Å². The van der Waals surface area contributed by atoms with E-state index < -0.39 is 6.04 Å². The van der Waals surface area contributed by atoms with Crippen LogP contribution < -0.4 is 4.90 Å². The van der Waals surface area contributed by atoms with Crippen LogP contribution in [-0.4, -0.2) is 45.9 Å². The fourth-order valence-corrected chi connectivity index (χ4v) is 3.25. The maximum Gasteiger partial charge on any atom is 0.267 e. The number of hydrogen-bond donors (Lipinski definition) is 0. The Morgan fingerprint density at radius 3 is 2.91 bits per heavy atom. The first kappa shape index (κ1) is 14.9. The zero-order valence-electron chi connectivity index (χ0n) is 11.8. The predicted molar refractivity (Wildman–Crippen MR) is 84.2 cm³/mol. The summed E-state index contributed by atoms with van der Waals surface area (Å²) < 4.78 is 3.68. The van der Waals surface area contributed by atoms with Crippen LogP contribution in [0.25, 0.3) is 0 Å². The number of anilines is 1. The van der Waals surface area contributed by atoms with Crippen LogP contribution >= 0.6 is 23.1 Å². The van der Waals surface area contributed by atoms with Crippen LogP contribution in [0.2, 0.25) is 5.02 Å². The lowest BCUT2D eigenvalue weighted by molar-refractivity contribution is -0.120. The van der Waals surface area contributed by atoms with E-state index in [0.29, 0.717) is 28.6 Å². The standard InChI is InChI=1S/C14H13ClN4O2S/c1-18(14(21)12-8-16-17-22-12)11-6-7-19(13(11)20)10-5-3-2-4-9(10)15/h2-5,8,11H,6-7H2,1H3/t11-/m1/s1. The van der Waals surface area contributed by atoms with Crippen molar-refractivity contribution in [1.82, 2.24) is 14.5 Å². The van der Waals surface area contributed by atoms with E-state index in [1.165, 1.54) is 11.1 Å². The second-order valence-corrected chi connectivity index (χ2v) is 6.14. The number of carbonyl (C=O) groups is 2. The summed E-state index contributed by atoms with van der Waals surface area (Å²) in [7, 11) is 1.63. The van der Waals surface area contributed by atoms with Gasteiger partial charge in [0.2, 0.25) is 5.91 Å². The first-order valence-corrected chi connectivity index (χ1v) is 7.85. The van der Waals surface area contributed by atoms with Gasteiger partial charge in [0.1, 0.15) is 10.9 Å². The van der Waals surface area contributed by atoms with E-state index in [2.05, 4.69) is 9.59 Å². The molecule has 0 N–H and O–H groups in total. The minimum atomic E-state index is -0.495. The van der Waals surface area contributed by atoms with Gasteiger partial charge in [0.15, 0.2) is 0 Å². The molecule has 22 heavy (non-hydrogen) atoms. The van der Waals surface area contributed by atoms with E-state index in [0.717, 1.165) is 11.5 Å². The van der Waals surface area contributed by atoms with Crippen molar-refractivity contribution in [3.8, 4) is 0 Å². The fourth-order valence-electron chi connectivity index (χ4n) is 2.51. The van der Waals surface area contributed by atoms with E-state index in [4.69, 9.17) is 11.6 Å². The molecule has 1 aromatic heterocycles. The molecule has 2 aromatic rings. The van der Waals surface area contributed by atoms with Crippen molar-refractivity contribution in [3.63, 3.8) is 0 Å². The number of carbonyl (C=O) groups excluding carboxylic acids is 2. The molecule has 1 aromatic carbocycles. The summed E-state index contributed by atoms with van der Waals surface area (Å²) in [5.74, 6) is -0.365. The highest BCUT2D eigenvalue weighted by atomic mass is 35.5. The van der Waals surface area contributed by atoms with Crippen LogP contribution in [0.3, 0.4) is 0 Å². The normalized spacial score (nSPS) is 17.8. The average Bonchev–Trinajstić information content (AvgIpc) is 3.16. The fraction of sp³-hybridized carbons (Fsp3) is 0.286. The maximum atomic E-state index is 12.6. The van der Waals surface area contributed by atoms with Crippen molar-refractivity contribution in [1.29, 1.82) is 0 Å². The van der Waals surface area contributed by atoms with Gasteiger partial charge >= 0.3 is 0 Å². The summed E-state index contributed by atoms with van der Waals surface area (Å²) in [6, 6.07) is 6.70. The summed E-state index contributed by atoms with van der Waals surface area (Å²) in [4.78, 5) is 28.4. The summed E-state index contributed by atoms with van der Waals surface area (Å²) >= 11 is 7.17. The highest BCUT2D eigenvalue weighted by molar-refractivity contribution is 7.07. The Hall–Kier alpha value is -1.99. The first-order chi connectivity index (χ1) is 10.6. The third-order valence-electron chi connectivity index (χ3n) is 3.68. The summed E-state index contributed by atoms with van der Waals surface area (Å²) in [6.07, 6.45) is 1.98. The second kappa shape index (κ2) is 6.02. The molecular formula is C14H13ClN4O2S. The van der Waals surface area contributed by atoms with E-state index in [1.54, 1.807) is 24.1 Å². The van der Waals surface area contributed by atoms with Gasteiger partial charge in [-0.25, -0.2) is 0 Å². The quantitative estimate of drug-likeness (QED) is 0.860. The molecule has 3 rings (SSSR count). The molecule has 0 spiro atoms. The molecule has 1 aliphatic heterocycles. The molecular weight excluding hydrogens is 324 g/mol. The highest BCUT2D eigenvalue weighted by Crippen LogP contribution is 2.30. The molecule has 114 valence electrons. The van der Waals surface area contributed by atoms with Crippen LogP contribution in [0.5, 0.6) is 0 Å². The van der Waals surface area contributed by atoms with Crippen molar-refractivity contribution in [2.45, 2.75) is 12.5 Å². The highest BCUT2D eigenvalue weighted by Gasteiger charge is 2.38. The molecule has 0 saturated carbocycles. The van der Waals surface area contributed by atoms with Gasteiger partial charge in [-0.3, -0.25) is 9.59 Å². The Morgan fingerprint density at radius 2 is 2.23 bits per heavy atom. The SMILES string of the molecule is CN(C(=O)c1cnns1)[C@@H]1CCN(c2ccccc2Cl)C1=O. The molecule has 0 radical (unpaired) electrons. The molecule has 2 amide bonds. The van der Waals surface area contributed by atoms with Crippen LogP contribution in [0, 0.1) is 0 Å². The summed E-state index contributed by atoms with van der Waals surface area (Å²) in [5, 5.41) is 4.18. The maximum absolute atomic E-state index is 12.6. The molecule has 6 nitrogen and oxygen atoms in total. The lowest BCUT2D eigenvalue weighted by Gasteiger charge is -2.23. The molecule has 2 heterocycles. The average molecular weight is 337 g/mol. The van der Waals surface area contributed by atoms with Gasteiger partial charge in [-0.15, -0.1) is 5.10 Å². The van der Waals surface area contributed by atoms with Crippen molar-refractivity contribution in [2.24, 2.45) is 0 Å². The molecule has 8 heteroatoms. The molecule has 0 aliphatic carbocycles. The third kappa shape index (κ3) is 2.57. The minimum absolute atomic E-state index is 0.124. The van der Waals surface area contributed by atoms with Gasteiger partial charge in [0.25, 0.3) is 5.91 Å². The van der Waals surface area contributed by atoms with E-state index in [9.17, 15) is 9.59 Å². The van der Waals surface area contributed by atoms with Crippen LogP contribution in [0.15, 0.2) is 30.5 Å². The third-order valence-corrected chi connectivity index (χ3v) is 4.65. The van der Waals surface area contributed by atoms with Gasteiger partial charge < -0.3 is 9.80 Å². The van der Waals surface area contributed by atoms with Gasteiger partial charge in [-0.2, -0.15) is 0 Å². The first-order valence-electron chi connectivity index (χ1n) is 6.70. The minimum Gasteiger partial charge on any atom is -0.329 e. The van der Waals surface area contributed by atoms with Crippen LogP contribution in [-0.2, 0) is 4.79 Å². The zero-order valence-corrected chi connectivity index (χ0v) is 13.3. The molecule has 1 aliphatic rings. The van der Waals surface area contributed by atoms with Crippen molar-refractivity contribution in [2.75, 3.05) is 18.5 Å². The lowest BCUT2D eigenvalue weighted by atomic mass is 10.2. The number of nitrogens with zero attached hydrogens (tertiary/aromatic N) is 4. The second-order valence-electron chi connectivity index (χ2n) is 4.94. The number of benzene rings is 1. The van der Waals surface area contributed by atoms with Crippen molar-refractivity contribution < 1.29 is 9.59 Å². The Balaban J connectivity index is 1.79. The smallest absolute Gasteiger partial charge is 0.267 e. The number of halogens is 1. The van der Waals surface area contributed by atoms with E-state index in [1.807, 2.05) is 12.1 Å². The number of para-hydroxylation sites is 1. The number of aromatic nitrogens is 2. The van der Waals surface area contributed by atoms with Gasteiger partial charge in [0, 0.05) is 13.6 Å². The van der Waals surface area contributed by atoms with Crippen molar-refractivity contribution in [3.05, 3.63) is 40.4 Å². The van der Waals surface area contributed by atoms with Crippen LogP contribution in [0.4, 0.5) is 5.69 Å². The number of amides is 2.